The number of para-hydroxylation sites is 1. The Morgan fingerprint density at radius 2 is 2.28 bits per heavy atom. The summed E-state index contributed by atoms with van der Waals surface area (Å²) in [5, 5.41) is 14.9. The first kappa shape index (κ1) is 17.7. The summed E-state index contributed by atoms with van der Waals surface area (Å²) in [6, 6.07) is 5.32. The zero-order valence-corrected chi connectivity index (χ0v) is 15.4. The van der Waals surface area contributed by atoms with Gasteiger partial charge in [0.15, 0.2) is 5.75 Å². The van der Waals surface area contributed by atoms with E-state index in [-0.39, 0.29) is 10.6 Å². The Kier molecular flexibility index (Phi) is 5.53. The Hall–Kier alpha value is -2.15. The summed E-state index contributed by atoms with van der Waals surface area (Å²) < 4.78 is 5.48. The van der Waals surface area contributed by atoms with Crippen LogP contribution in [0.15, 0.2) is 23.6 Å². The van der Waals surface area contributed by atoms with Gasteiger partial charge in [-0.2, -0.15) is 0 Å². The van der Waals surface area contributed by atoms with E-state index in [2.05, 4.69) is 17.2 Å². The number of aromatic nitrogens is 1. The number of benzene rings is 1. The number of ether oxygens (including phenoxy) is 1. The maximum absolute atomic E-state index is 11.6. The van der Waals surface area contributed by atoms with E-state index in [1.54, 1.807) is 17.4 Å². The molecule has 0 saturated carbocycles. The van der Waals surface area contributed by atoms with Gasteiger partial charge in [-0.1, -0.05) is 13.0 Å². The molecular formula is C18H23N3O3S. The highest BCUT2D eigenvalue weighted by Crippen LogP contribution is 2.40. The highest BCUT2D eigenvalue weighted by atomic mass is 32.1. The van der Waals surface area contributed by atoms with Gasteiger partial charge in [0.05, 0.1) is 22.2 Å². The molecule has 2 aromatic rings. The van der Waals surface area contributed by atoms with Gasteiger partial charge in [0.25, 0.3) is 0 Å². The van der Waals surface area contributed by atoms with E-state index in [4.69, 9.17) is 9.72 Å². The molecule has 0 radical (unpaired) electrons. The smallest absolute Gasteiger partial charge is 0.333 e. The molecular weight excluding hydrogens is 338 g/mol. The molecule has 3 rings (SSSR count). The minimum absolute atomic E-state index is 0.0679. The molecule has 1 saturated heterocycles. The zero-order valence-electron chi connectivity index (χ0n) is 14.6. The number of rotatable bonds is 6. The molecule has 0 bridgehead atoms. The van der Waals surface area contributed by atoms with Gasteiger partial charge >= 0.3 is 5.69 Å². The van der Waals surface area contributed by atoms with Gasteiger partial charge in [0.1, 0.15) is 5.69 Å². The first-order chi connectivity index (χ1) is 12.1. The van der Waals surface area contributed by atoms with E-state index < -0.39 is 0 Å². The molecule has 7 heteroatoms. The van der Waals surface area contributed by atoms with Gasteiger partial charge in [0, 0.05) is 24.4 Å². The van der Waals surface area contributed by atoms with E-state index in [0.29, 0.717) is 24.0 Å². The standard InChI is InChI=1S/C18H23N3O3S/c1-3-14-12-25-18(19-14)13-7-6-10-20(11-13)15-8-5-9-16(24-4-2)17(15)21(22)23/h5,8-9,12-13H,3-4,6-7,10-11H2,1-2H3. The Morgan fingerprint density at radius 1 is 1.44 bits per heavy atom. The number of anilines is 1. The molecule has 1 fully saturated rings. The average molecular weight is 361 g/mol. The number of thiazole rings is 1. The van der Waals surface area contributed by atoms with Crippen molar-refractivity contribution in [2.24, 2.45) is 0 Å². The van der Waals surface area contributed by atoms with Crippen molar-refractivity contribution < 1.29 is 9.66 Å². The molecule has 2 heterocycles. The van der Waals surface area contributed by atoms with Crippen molar-refractivity contribution in [2.45, 2.75) is 39.0 Å². The van der Waals surface area contributed by atoms with Crippen LogP contribution in [-0.2, 0) is 6.42 Å². The van der Waals surface area contributed by atoms with Gasteiger partial charge in [-0.3, -0.25) is 10.1 Å². The fourth-order valence-corrected chi connectivity index (χ4v) is 4.32. The van der Waals surface area contributed by atoms with Gasteiger partial charge < -0.3 is 9.64 Å². The predicted molar refractivity (Wildman–Crippen MR) is 99.9 cm³/mol. The molecule has 1 aromatic heterocycles. The van der Waals surface area contributed by atoms with Gasteiger partial charge in [-0.15, -0.1) is 11.3 Å². The van der Waals surface area contributed by atoms with Crippen LogP contribution in [0.5, 0.6) is 5.75 Å². The molecule has 0 amide bonds. The largest absolute Gasteiger partial charge is 0.487 e. The van der Waals surface area contributed by atoms with Crippen LogP contribution in [0.1, 0.15) is 43.3 Å². The van der Waals surface area contributed by atoms with E-state index in [9.17, 15) is 10.1 Å². The van der Waals surface area contributed by atoms with Crippen molar-refractivity contribution in [3.05, 3.63) is 44.4 Å². The summed E-state index contributed by atoms with van der Waals surface area (Å²) in [7, 11) is 0. The lowest BCUT2D eigenvalue weighted by Gasteiger charge is -2.33. The topological polar surface area (TPSA) is 68.5 Å². The number of nitro benzene ring substituents is 1. The van der Waals surface area contributed by atoms with Crippen LogP contribution in [-0.4, -0.2) is 29.6 Å². The van der Waals surface area contributed by atoms with Crippen molar-refractivity contribution in [1.29, 1.82) is 0 Å². The number of nitro groups is 1. The van der Waals surface area contributed by atoms with Crippen molar-refractivity contribution in [1.82, 2.24) is 4.98 Å². The Balaban J connectivity index is 1.88. The highest BCUT2D eigenvalue weighted by molar-refractivity contribution is 7.09. The lowest BCUT2D eigenvalue weighted by atomic mass is 9.98. The van der Waals surface area contributed by atoms with Gasteiger partial charge in [0.2, 0.25) is 0 Å². The fourth-order valence-electron chi connectivity index (χ4n) is 3.29. The summed E-state index contributed by atoms with van der Waals surface area (Å²) in [4.78, 5) is 18.1. The average Bonchev–Trinajstić information content (AvgIpc) is 3.11. The minimum atomic E-state index is -0.331. The monoisotopic (exact) mass is 361 g/mol. The minimum Gasteiger partial charge on any atom is -0.487 e. The maximum atomic E-state index is 11.6. The first-order valence-corrected chi connectivity index (χ1v) is 9.61. The Labute approximate surface area is 151 Å². The number of piperidine rings is 1. The summed E-state index contributed by atoms with van der Waals surface area (Å²) in [5.41, 5.74) is 1.84. The number of hydrogen-bond acceptors (Lipinski definition) is 6. The Bertz CT molecular complexity index is 747. The third-order valence-corrected chi connectivity index (χ3v) is 5.56. The zero-order chi connectivity index (χ0) is 17.8. The quantitative estimate of drug-likeness (QED) is 0.563. The van der Waals surface area contributed by atoms with Gasteiger partial charge in [-0.25, -0.2) is 4.98 Å². The number of nitrogens with zero attached hydrogens (tertiary/aromatic N) is 3. The van der Waals surface area contributed by atoms with Crippen molar-refractivity contribution >= 4 is 22.7 Å². The second-order valence-electron chi connectivity index (χ2n) is 6.13. The van der Waals surface area contributed by atoms with Crippen LogP contribution < -0.4 is 9.64 Å². The first-order valence-electron chi connectivity index (χ1n) is 8.73. The van der Waals surface area contributed by atoms with Crippen LogP contribution in [0.25, 0.3) is 0 Å². The fraction of sp³-hybridized carbons (Fsp3) is 0.500. The van der Waals surface area contributed by atoms with Crippen molar-refractivity contribution in [3.63, 3.8) is 0 Å². The lowest BCUT2D eigenvalue weighted by Crippen LogP contribution is -2.34. The van der Waals surface area contributed by atoms with E-state index in [0.717, 1.165) is 43.1 Å². The van der Waals surface area contributed by atoms with Crippen LogP contribution in [0.3, 0.4) is 0 Å². The van der Waals surface area contributed by atoms with Crippen LogP contribution in [0.2, 0.25) is 0 Å². The maximum Gasteiger partial charge on any atom is 0.333 e. The second-order valence-corrected chi connectivity index (χ2v) is 7.02. The van der Waals surface area contributed by atoms with Crippen LogP contribution in [0, 0.1) is 10.1 Å². The molecule has 134 valence electrons. The highest BCUT2D eigenvalue weighted by Gasteiger charge is 2.30. The summed E-state index contributed by atoms with van der Waals surface area (Å²) in [6.45, 7) is 5.92. The molecule has 1 aromatic carbocycles. The lowest BCUT2D eigenvalue weighted by molar-refractivity contribution is -0.385. The molecule has 0 spiro atoms. The summed E-state index contributed by atoms with van der Waals surface area (Å²) in [6.07, 6.45) is 3.02. The molecule has 1 aliphatic heterocycles. The number of hydrogen-bond donors (Lipinski definition) is 0. The molecule has 25 heavy (non-hydrogen) atoms. The molecule has 1 aliphatic rings. The molecule has 6 nitrogen and oxygen atoms in total. The molecule has 1 atom stereocenters. The van der Waals surface area contributed by atoms with E-state index in [1.807, 2.05) is 19.1 Å². The third-order valence-electron chi connectivity index (χ3n) is 4.50. The van der Waals surface area contributed by atoms with Crippen molar-refractivity contribution in [3.8, 4) is 5.75 Å². The SMILES string of the molecule is CCOc1cccc(N2CCCC(c3nc(CC)cs3)C2)c1[N+](=O)[O-]. The molecule has 0 aliphatic carbocycles. The van der Waals surface area contributed by atoms with Crippen LogP contribution in [0.4, 0.5) is 11.4 Å². The summed E-state index contributed by atoms with van der Waals surface area (Å²) in [5.74, 6) is 0.670. The number of aryl methyl sites for hydroxylation is 1. The van der Waals surface area contributed by atoms with E-state index >= 15 is 0 Å². The Morgan fingerprint density at radius 3 is 2.96 bits per heavy atom. The summed E-state index contributed by atoms with van der Waals surface area (Å²) >= 11 is 1.70. The normalized spacial score (nSPS) is 17.5. The van der Waals surface area contributed by atoms with E-state index in [1.165, 1.54) is 0 Å². The van der Waals surface area contributed by atoms with Crippen molar-refractivity contribution in [2.75, 3.05) is 24.6 Å². The predicted octanol–water partition coefficient (Wildman–Crippen LogP) is 4.40. The van der Waals surface area contributed by atoms with Gasteiger partial charge in [-0.05, 0) is 38.3 Å². The molecule has 0 N–H and O–H groups in total. The van der Waals surface area contributed by atoms with Crippen LogP contribution >= 0.6 is 11.3 Å². The molecule has 1 unspecified atom stereocenters. The third kappa shape index (κ3) is 3.76. The second kappa shape index (κ2) is 7.82.